The first-order valence-corrected chi connectivity index (χ1v) is 7.80. The summed E-state index contributed by atoms with van der Waals surface area (Å²) in [6.45, 7) is 3.76. The Labute approximate surface area is 125 Å². The van der Waals surface area contributed by atoms with Gasteiger partial charge in [-0.25, -0.2) is 9.97 Å². The smallest absolute Gasteiger partial charge is 0.115 e. The monoisotopic (exact) mass is 280 g/mol. The molecular formula is C17H20N4. The molecule has 0 saturated carbocycles. The van der Waals surface area contributed by atoms with Gasteiger partial charge in [0.25, 0.3) is 0 Å². The Morgan fingerprint density at radius 3 is 2.38 bits per heavy atom. The number of rotatable bonds is 2. The standard InChI is InChI=1S/C17H20N4/c1-5-17(6-2-8-21(7-1)12-17)15-3-4-16(20-11-15)14-9-18-13-19-10-14/h3-4,9-11,13H,1-2,5-8,12H2. The quantitative estimate of drug-likeness (QED) is 0.848. The van der Waals surface area contributed by atoms with Crippen LogP contribution in [0.2, 0.25) is 0 Å². The summed E-state index contributed by atoms with van der Waals surface area (Å²) in [4.78, 5) is 15.4. The number of pyridine rings is 1. The van der Waals surface area contributed by atoms with Gasteiger partial charge in [0.2, 0.25) is 0 Å². The predicted molar refractivity (Wildman–Crippen MR) is 81.8 cm³/mol. The van der Waals surface area contributed by atoms with Crippen molar-refractivity contribution in [3.8, 4) is 11.3 Å². The Kier molecular flexibility index (Phi) is 3.19. The molecule has 21 heavy (non-hydrogen) atoms. The third-order valence-electron chi connectivity index (χ3n) is 5.02. The largest absolute Gasteiger partial charge is 0.302 e. The van der Waals surface area contributed by atoms with Crippen LogP contribution in [0, 0.1) is 0 Å². The van der Waals surface area contributed by atoms with Crippen LogP contribution in [0.25, 0.3) is 11.3 Å². The first-order valence-electron chi connectivity index (χ1n) is 7.80. The van der Waals surface area contributed by atoms with E-state index in [1.807, 2.05) is 12.4 Å². The van der Waals surface area contributed by atoms with Gasteiger partial charge in [-0.05, 0) is 50.4 Å². The molecule has 2 aromatic rings. The fourth-order valence-electron chi connectivity index (χ4n) is 3.95. The average Bonchev–Trinajstić information content (AvgIpc) is 2.56. The van der Waals surface area contributed by atoms with Crippen LogP contribution in [0.1, 0.15) is 31.2 Å². The maximum Gasteiger partial charge on any atom is 0.115 e. The Balaban J connectivity index is 1.64. The summed E-state index contributed by atoms with van der Waals surface area (Å²) in [5, 5.41) is 0. The number of piperidine rings is 2. The summed E-state index contributed by atoms with van der Waals surface area (Å²) in [5.41, 5.74) is 3.69. The van der Waals surface area contributed by atoms with Gasteiger partial charge in [0, 0.05) is 36.1 Å². The summed E-state index contributed by atoms with van der Waals surface area (Å²) >= 11 is 0. The Hall–Kier alpha value is -1.81. The number of aromatic nitrogens is 3. The summed E-state index contributed by atoms with van der Waals surface area (Å²) < 4.78 is 0. The molecule has 4 rings (SSSR count). The molecule has 4 heterocycles. The van der Waals surface area contributed by atoms with E-state index >= 15 is 0 Å². The topological polar surface area (TPSA) is 41.9 Å². The van der Waals surface area contributed by atoms with Gasteiger partial charge in [-0.3, -0.25) is 4.98 Å². The second-order valence-corrected chi connectivity index (χ2v) is 6.32. The van der Waals surface area contributed by atoms with E-state index in [-0.39, 0.29) is 0 Å². The molecule has 0 N–H and O–H groups in total. The molecule has 2 fully saturated rings. The van der Waals surface area contributed by atoms with E-state index in [9.17, 15) is 0 Å². The van der Waals surface area contributed by atoms with Crippen LogP contribution in [0.3, 0.4) is 0 Å². The van der Waals surface area contributed by atoms with Crippen molar-refractivity contribution >= 4 is 0 Å². The molecule has 4 heteroatoms. The average molecular weight is 280 g/mol. The molecular weight excluding hydrogens is 260 g/mol. The number of hydrogen-bond acceptors (Lipinski definition) is 4. The van der Waals surface area contributed by atoms with Gasteiger partial charge in [0.15, 0.2) is 0 Å². The van der Waals surface area contributed by atoms with Crippen molar-refractivity contribution in [2.75, 3.05) is 19.6 Å². The highest BCUT2D eigenvalue weighted by atomic mass is 15.1. The molecule has 0 atom stereocenters. The van der Waals surface area contributed by atoms with Crippen LogP contribution >= 0.6 is 0 Å². The minimum atomic E-state index is 0.342. The zero-order valence-corrected chi connectivity index (χ0v) is 12.2. The summed E-state index contributed by atoms with van der Waals surface area (Å²) in [6.07, 6.45) is 12.5. The molecule has 0 radical (unpaired) electrons. The Morgan fingerprint density at radius 2 is 1.71 bits per heavy atom. The summed E-state index contributed by atoms with van der Waals surface area (Å²) in [5.74, 6) is 0. The molecule has 0 aromatic carbocycles. The van der Waals surface area contributed by atoms with Crippen LogP contribution in [0.15, 0.2) is 37.1 Å². The SMILES string of the molecule is c1ncc(-c2ccc(C34CCCN(CCC3)C4)cn2)cn1. The van der Waals surface area contributed by atoms with Gasteiger partial charge in [-0.15, -0.1) is 0 Å². The van der Waals surface area contributed by atoms with Crippen molar-refractivity contribution in [2.45, 2.75) is 31.1 Å². The molecule has 2 aliphatic heterocycles. The van der Waals surface area contributed by atoms with Crippen LogP contribution < -0.4 is 0 Å². The van der Waals surface area contributed by atoms with E-state index in [0.717, 1.165) is 11.3 Å². The van der Waals surface area contributed by atoms with E-state index in [1.165, 1.54) is 50.9 Å². The van der Waals surface area contributed by atoms with Gasteiger partial charge in [0.1, 0.15) is 6.33 Å². The zero-order chi connectivity index (χ0) is 14.1. The molecule has 0 spiro atoms. The summed E-state index contributed by atoms with van der Waals surface area (Å²) in [6, 6.07) is 4.39. The second kappa shape index (κ2) is 5.19. The van der Waals surface area contributed by atoms with Crippen LogP contribution in [-0.2, 0) is 5.41 Å². The minimum absolute atomic E-state index is 0.342. The lowest BCUT2D eigenvalue weighted by Gasteiger charge is -2.47. The van der Waals surface area contributed by atoms with Crippen molar-refractivity contribution in [3.05, 3.63) is 42.6 Å². The normalized spacial score (nSPS) is 28.3. The van der Waals surface area contributed by atoms with Gasteiger partial charge < -0.3 is 4.90 Å². The number of fused-ring (bicyclic) bond motifs is 2. The van der Waals surface area contributed by atoms with Crippen molar-refractivity contribution in [1.82, 2.24) is 19.9 Å². The number of hydrogen-bond donors (Lipinski definition) is 0. The molecule has 108 valence electrons. The lowest BCUT2D eigenvalue weighted by molar-refractivity contribution is 0.0941. The van der Waals surface area contributed by atoms with Gasteiger partial charge in [0.05, 0.1) is 5.69 Å². The predicted octanol–water partition coefficient (Wildman–Crippen LogP) is 2.67. The highest BCUT2D eigenvalue weighted by molar-refractivity contribution is 5.56. The van der Waals surface area contributed by atoms with Crippen LogP contribution in [-0.4, -0.2) is 39.5 Å². The molecule has 2 aromatic heterocycles. The molecule has 0 aliphatic carbocycles. The minimum Gasteiger partial charge on any atom is -0.302 e. The Morgan fingerprint density at radius 1 is 0.952 bits per heavy atom. The first kappa shape index (κ1) is 12.9. The lowest BCUT2D eigenvalue weighted by atomic mass is 9.69. The van der Waals surface area contributed by atoms with Crippen LogP contribution in [0.4, 0.5) is 0 Å². The third kappa shape index (κ3) is 2.33. The molecule has 4 nitrogen and oxygen atoms in total. The van der Waals surface area contributed by atoms with Crippen molar-refractivity contribution in [1.29, 1.82) is 0 Å². The van der Waals surface area contributed by atoms with E-state index < -0.39 is 0 Å². The fraction of sp³-hybridized carbons (Fsp3) is 0.471. The highest BCUT2D eigenvalue weighted by Gasteiger charge is 2.39. The van der Waals surface area contributed by atoms with Gasteiger partial charge in [-0.1, -0.05) is 6.07 Å². The second-order valence-electron chi connectivity index (χ2n) is 6.32. The first-order chi connectivity index (χ1) is 10.4. The Bertz CT molecular complexity index is 598. The van der Waals surface area contributed by atoms with E-state index in [0.29, 0.717) is 5.41 Å². The van der Waals surface area contributed by atoms with Crippen molar-refractivity contribution in [3.63, 3.8) is 0 Å². The van der Waals surface area contributed by atoms with Crippen molar-refractivity contribution < 1.29 is 0 Å². The van der Waals surface area contributed by atoms with E-state index in [1.54, 1.807) is 6.33 Å². The zero-order valence-electron chi connectivity index (χ0n) is 12.2. The molecule has 0 unspecified atom stereocenters. The molecule has 2 saturated heterocycles. The lowest BCUT2D eigenvalue weighted by Crippen LogP contribution is -2.50. The van der Waals surface area contributed by atoms with Crippen LogP contribution in [0.5, 0.6) is 0 Å². The van der Waals surface area contributed by atoms with Gasteiger partial charge in [-0.2, -0.15) is 0 Å². The summed E-state index contributed by atoms with van der Waals surface area (Å²) in [7, 11) is 0. The maximum atomic E-state index is 4.67. The highest BCUT2D eigenvalue weighted by Crippen LogP contribution is 2.41. The molecule has 2 bridgehead atoms. The van der Waals surface area contributed by atoms with E-state index in [2.05, 4.69) is 38.2 Å². The van der Waals surface area contributed by atoms with E-state index in [4.69, 9.17) is 0 Å². The third-order valence-corrected chi connectivity index (χ3v) is 5.02. The molecule has 0 amide bonds. The maximum absolute atomic E-state index is 4.67. The molecule has 2 aliphatic rings. The van der Waals surface area contributed by atoms with Crippen molar-refractivity contribution in [2.24, 2.45) is 0 Å². The van der Waals surface area contributed by atoms with Gasteiger partial charge >= 0.3 is 0 Å². The fourth-order valence-corrected chi connectivity index (χ4v) is 3.95. The number of nitrogens with zero attached hydrogens (tertiary/aromatic N) is 4.